The topological polar surface area (TPSA) is 93.1 Å². The van der Waals surface area contributed by atoms with Crippen molar-refractivity contribution < 1.29 is 29.3 Å². The third kappa shape index (κ3) is 5.23. The molecule has 6 nitrogen and oxygen atoms in total. The molecule has 2 unspecified atom stereocenters. The van der Waals surface area contributed by atoms with E-state index >= 15 is 0 Å². The monoisotopic (exact) mass is 272 g/mol. The molecule has 0 aliphatic rings. The zero-order valence-corrected chi connectivity index (χ0v) is 11.4. The number of carbonyl (C=O) groups excluding carboxylic acids is 2. The molecule has 0 bridgehead atoms. The van der Waals surface area contributed by atoms with Gasteiger partial charge in [-0.2, -0.15) is 0 Å². The van der Waals surface area contributed by atoms with Gasteiger partial charge in [-0.15, -0.1) is 0 Å². The van der Waals surface area contributed by atoms with Gasteiger partial charge in [0, 0.05) is 24.2 Å². The number of carbonyl (C=O) groups is 2. The molecule has 0 spiro atoms. The maximum absolute atomic E-state index is 11.4. The minimum Gasteiger partial charge on any atom is -0.452 e. The highest BCUT2D eigenvalue weighted by Gasteiger charge is 2.40. The van der Waals surface area contributed by atoms with E-state index < -0.39 is 30.4 Å². The van der Waals surface area contributed by atoms with E-state index in [0.29, 0.717) is 0 Å². The Morgan fingerprint density at radius 1 is 1.21 bits per heavy atom. The van der Waals surface area contributed by atoms with Crippen molar-refractivity contribution in [1.29, 1.82) is 0 Å². The van der Waals surface area contributed by atoms with Crippen molar-refractivity contribution in [2.45, 2.75) is 39.1 Å². The highest BCUT2D eigenvalue weighted by Crippen LogP contribution is 2.22. The summed E-state index contributed by atoms with van der Waals surface area (Å²) < 4.78 is 9.74. The summed E-state index contributed by atoms with van der Waals surface area (Å²) in [4.78, 5) is 22.8. The maximum atomic E-state index is 11.4. The van der Waals surface area contributed by atoms with Crippen LogP contribution in [0.1, 0.15) is 27.2 Å². The summed E-state index contributed by atoms with van der Waals surface area (Å²) in [6.45, 7) is 10.5. The highest BCUT2D eigenvalue weighted by molar-refractivity contribution is 5.88. The second-order valence-corrected chi connectivity index (χ2v) is 4.32. The van der Waals surface area contributed by atoms with Gasteiger partial charge < -0.3 is 19.7 Å². The minimum absolute atomic E-state index is 0.0785. The van der Waals surface area contributed by atoms with E-state index in [-0.39, 0.29) is 17.6 Å². The van der Waals surface area contributed by atoms with Gasteiger partial charge in [-0.05, 0) is 20.8 Å². The van der Waals surface area contributed by atoms with Gasteiger partial charge in [0.15, 0.2) is 6.10 Å². The molecule has 0 saturated carbocycles. The second-order valence-electron chi connectivity index (χ2n) is 4.32. The van der Waals surface area contributed by atoms with Crippen LogP contribution in [0.5, 0.6) is 0 Å². The smallest absolute Gasteiger partial charge is 0.335 e. The van der Waals surface area contributed by atoms with Crippen molar-refractivity contribution in [2.75, 3.05) is 6.61 Å². The fourth-order valence-corrected chi connectivity index (χ4v) is 1.10. The zero-order chi connectivity index (χ0) is 15.2. The van der Waals surface area contributed by atoms with Crippen molar-refractivity contribution in [1.82, 2.24) is 0 Å². The van der Waals surface area contributed by atoms with Gasteiger partial charge >= 0.3 is 11.9 Å². The predicted molar refractivity (Wildman–Crippen MR) is 67.9 cm³/mol. The normalized spacial score (nSPS) is 15.0. The Morgan fingerprint density at radius 3 is 2.05 bits per heavy atom. The van der Waals surface area contributed by atoms with Crippen LogP contribution in [0, 0.1) is 0 Å². The van der Waals surface area contributed by atoms with Crippen molar-refractivity contribution in [3.63, 3.8) is 0 Å². The van der Waals surface area contributed by atoms with Crippen molar-refractivity contribution in [3.05, 3.63) is 24.3 Å². The van der Waals surface area contributed by atoms with Crippen LogP contribution >= 0.6 is 0 Å². The molecule has 0 amide bonds. The van der Waals surface area contributed by atoms with Gasteiger partial charge in [0.1, 0.15) is 0 Å². The molecule has 2 N–H and O–H groups in total. The summed E-state index contributed by atoms with van der Waals surface area (Å²) >= 11 is 0. The molecule has 0 heterocycles. The molecule has 2 atom stereocenters. The van der Waals surface area contributed by atoms with Crippen LogP contribution in [0.15, 0.2) is 24.3 Å². The minimum atomic E-state index is -2.12. The quantitative estimate of drug-likeness (QED) is 0.402. The molecular formula is C13H20O6. The molecule has 0 radical (unpaired) electrons. The molecule has 0 aliphatic heterocycles. The Labute approximate surface area is 112 Å². The molecule has 6 heteroatoms. The number of hydrogen-bond acceptors (Lipinski definition) is 6. The summed E-state index contributed by atoms with van der Waals surface area (Å²) in [5.74, 6) is -3.68. The molecular weight excluding hydrogens is 252 g/mol. The Morgan fingerprint density at radius 2 is 1.68 bits per heavy atom. The summed E-state index contributed by atoms with van der Waals surface area (Å²) in [6, 6.07) is 0. The SMILES string of the molecule is C=C(C)C(=O)OC(C)C(O)(CCO)OC(=O)C(=C)C. The van der Waals surface area contributed by atoms with Gasteiger partial charge in [-0.1, -0.05) is 13.2 Å². The van der Waals surface area contributed by atoms with Crippen LogP contribution in [0.4, 0.5) is 0 Å². The first kappa shape index (κ1) is 17.3. The first-order chi connectivity index (χ1) is 8.64. The molecule has 0 rings (SSSR count). The lowest BCUT2D eigenvalue weighted by atomic mass is 10.1. The first-order valence-corrected chi connectivity index (χ1v) is 5.72. The van der Waals surface area contributed by atoms with E-state index in [2.05, 4.69) is 13.2 Å². The Hall–Kier alpha value is -1.66. The average Bonchev–Trinajstić information content (AvgIpc) is 2.28. The Kier molecular flexibility index (Phi) is 6.44. The Balaban J connectivity index is 4.95. The van der Waals surface area contributed by atoms with E-state index in [1.807, 2.05) is 0 Å². The van der Waals surface area contributed by atoms with E-state index in [1.165, 1.54) is 20.8 Å². The standard InChI is InChI=1S/C13H20O6/c1-8(2)11(15)18-10(5)13(17,6-7-14)19-12(16)9(3)4/h10,14,17H,1,3,6-7H2,2,4-5H3. The number of esters is 2. The number of hydrogen-bond donors (Lipinski definition) is 2. The van der Waals surface area contributed by atoms with Crippen LogP contribution in [0.25, 0.3) is 0 Å². The van der Waals surface area contributed by atoms with Gasteiger partial charge in [-0.3, -0.25) is 0 Å². The maximum Gasteiger partial charge on any atom is 0.335 e. The lowest BCUT2D eigenvalue weighted by Crippen LogP contribution is -2.48. The molecule has 0 aromatic carbocycles. The number of aliphatic hydroxyl groups excluding tert-OH is 1. The molecule has 0 aliphatic carbocycles. The molecule has 0 saturated heterocycles. The first-order valence-electron chi connectivity index (χ1n) is 5.72. The third-order valence-corrected chi connectivity index (χ3v) is 2.36. The summed E-state index contributed by atoms with van der Waals surface area (Å²) in [5.41, 5.74) is 0.221. The number of rotatable bonds is 7. The summed E-state index contributed by atoms with van der Waals surface area (Å²) in [5, 5.41) is 19.1. The second kappa shape index (κ2) is 7.06. The lowest BCUT2D eigenvalue weighted by molar-refractivity contribution is -0.252. The van der Waals surface area contributed by atoms with Crippen molar-refractivity contribution in [3.8, 4) is 0 Å². The van der Waals surface area contributed by atoms with Gasteiger partial charge in [0.05, 0.1) is 0 Å². The predicted octanol–water partition coefficient (Wildman–Crippen LogP) is 0.684. The van der Waals surface area contributed by atoms with Crippen molar-refractivity contribution >= 4 is 11.9 Å². The van der Waals surface area contributed by atoms with Crippen molar-refractivity contribution in [2.24, 2.45) is 0 Å². The third-order valence-electron chi connectivity index (χ3n) is 2.36. The molecule has 0 aromatic heterocycles. The zero-order valence-electron chi connectivity index (χ0n) is 11.4. The number of ether oxygens (including phenoxy) is 2. The molecule has 0 aromatic rings. The molecule has 108 valence electrons. The van der Waals surface area contributed by atoms with E-state index in [4.69, 9.17) is 14.6 Å². The summed E-state index contributed by atoms with van der Waals surface area (Å²) in [7, 11) is 0. The van der Waals surface area contributed by atoms with Crippen LogP contribution in [-0.2, 0) is 19.1 Å². The number of aliphatic hydroxyl groups is 2. The fourth-order valence-electron chi connectivity index (χ4n) is 1.10. The van der Waals surface area contributed by atoms with E-state index in [9.17, 15) is 14.7 Å². The van der Waals surface area contributed by atoms with Gasteiger partial charge in [0.2, 0.25) is 0 Å². The van der Waals surface area contributed by atoms with Crippen LogP contribution in [0.2, 0.25) is 0 Å². The Bertz CT molecular complexity index is 387. The van der Waals surface area contributed by atoms with Crippen LogP contribution < -0.4 is 0 Å². The van der Waals surface area contributed by atoms with E-state index in [0.717, 1.165) is 0 Å². The lowest BCUT2D eigenvalue weighted by Gasteiger charge is -2.32. The molecule has 19 heavy (non-hydrogen) atoms. The van der Waals surface area contributed by atoms with Crippen LogP contribution in [-0.4, -0.2) is 40.6 Å². The van der Waals surface area contributed by atoms with Gasteiger partial charge in [-0.25, -0.2) is 9.59 Å². The highest BCUT2D eigenvalue weighted by atomic mass is 16.7. The largest absolute Gasteiger partial charge is 0.452 e. The van der Waals surface area contributed by atoms with Gasteiger partial charge in [0.25, 0.3) is 5.79 Å². The van der Waals surface area contributed by atoms with E-state index in [1.54, 1.807) is 0 Å². The summed E-state index contributed by atoms with van der Waals surface area (Å²) in [6.07, 6.45) is -1.46. The average molecular weight is 272 g/mol. The van der Waals surface area contributed by atoms with Crippen LogP contribution in [0.3, 0.4) is 0 Å². The molecule has 0 fully saturated rings. The fraction of sp³-hybridized carbons (Fsp3) is 0.538.